The van der Waals surface area contributed by atoms with E-state index in [1.165, 1.54) is 36.2 Å². The lowest BCUT2D eigenvalue weighted by atomic mass is 9.75. The predicted molar refractivity (Wildman–Crippen MR) is 199 cm³/mol. The van der Waals surface area contributed by atoms with Crippen LogP contribution in [0.25, 0.3) is 34.9 Å². The molecule has 49 heavy (non-hydrogen) atoms. The van der Waals surface area contributed by atoms with Gasteiger partial charge in [-0.15, -0.1) is 34.0 Å². The second-order valence-electron chi connectivity index (χ2n) is 12.3. The Morgan fingerprint density at radius 2 is 1.37 bits per heavy atom. The first-order chi connectivity index (χ1) is 23.4. The molecule has 2 aliphatic heterocycles. The highest BCUT2D eigenvalue weighted by molar-refractivity contribution is 8.20. The highest BCUT2D eigenvalue weighted by Gasteiger charge is 2.49. The van der Waals surface area contributed by atoms with Crippen LogP contribution >= 0.6 is 57.5 Å². The van der Waals surface area contributed by atoms with E-state index in [1.54, 1.807) is 40.9 Å². The number of aliphatic imine (C=N–C) groups is 2. The summed E-state index contributed by atoms with van der Waals surface area (Å²) in [6.07, 6.45) is 2.07. The predicted octanol–water partition coefficient (Wildman–Crippen LogP) is 8.81. The Balaban J connectivity index is 1.25. The molecule has 0 atom stereocenters. The van der Waals surface area contributed by atoms with Gasteiger partial charge in [0.1, 0.15) is 15.1 Å². The fourth-order valence-corrected chi connectivity index (χ4v) is 13.3. The summed E-state index contributed by atoms with van der Waals surface area (Å²) < 4.78 is 2.22. The van der Waals surface area contributed by atoms with Gasteiger partial charge in [0.25, 0.3) is 23.2 Å². The van der Waals surface area contributed by atoms with Crippen molar-refractivity contribution >= 4 is 99.9 Å². The average Bonchev–Trinajstić information content (AvgIpc) is 3.90. The third-order valence-corrected chi connectivity index (χ3v) is 14.7. The molecule has 5 heterocycles. The van der Waals surface area contributed by atoms with E-state index in [2.05, 4.69) is 43.5 Å². The zero-order chi connectivity index (χ0) is 35.2. The first-order valence-corrected chi connectivity index (χ1v) is 19.1. The summed E-state index contributed by atoms with van der Waals surface area (Å²) in [6.45, 7) is 27.7. The lowest BCUT2D eigenvalue weighted by Gasteiger charge is -2.28. The number of hydrogen-bond donors (Lipinski definition) is 0. The van der Waals surface area contributed by atoms with Crippen LogP contribution in [0.1, 0.15) is 63.1 Å². The number of amides is 2. The number of carbonyl (C=O) groups is 2. The SMILES string of the molecule is [C-]#[N+]/C(C#N)=C1\SC(=Nc2cc3sc4c(c3s2)C(C)(C)c2c-4sc3c2C(C)(C)C(N=C2S/C(=C(\C#N)[N+]#[C-])N(CC)C2=O)=C3)C(=O)N1CC. The Bertz CT molecular complexity index is 2390. The molecule has 0 aromatic carbocycles. The van der Waals surface area contributed by atoms with E-state index in [0.29, 0.717) is 28.1 Å². The molecule has 242 valence electrons. The molecular formula is C34H24N8O2S5. The first kappa shape index (κ1) is 33.0. The topological polar surface area (TPSA) is 122 Å². The van der Waals surface area contributed by atoms with Crippen LogP contribution in [-0.4, -0.2) is 44.8 Å². The van der Waals surface area contributed by atoms with E-state index < -0.39 is 5.41 Å². The maximum atomic E-state index is 13.3. The fourth-order valence-electron chi connectivity index (χ4n) is 6.63. The Morgan fingerprint density at radius 3 is 1.90 bits per heavy atom. The van der Waals surface area contributed by atoms with Gasteiger partial charge in [-0.2, -0.15) is 0 Å². The summed E-state index contributed by atoms with van der Waals surface area (Å²) in [5, 5.41) is 20.7. The Kier molecular flexibility index (Phi) is 7.79. The minimum Gasteiger partial charge on any atom is -0.309 e. The Hall–Kier alpha value is -4.48. The summed E-state index contributed by atoms with van der Waals surface area (Å²) in [4.78, 5) is 49.1. The molecular weight excluding hydrogens is 713 g/mol. The molecule has 2 fully saturated rings. The van der Waals surface area contributed by atoms with E-state index in [0.717, 1.165) is 43.5 Å². The van der Waals surface area contributed by atoms with E-state index in [1.807, 2.05) is 25.1 Å². The normalized spacial score (nSPS) is 22.2. The van der Waals surface area contributed by atoms with E-state index in [9.17, 15) is 20.1 Å². The summed E-state index contributed by atoms with van der Waals surface area (Å²) in [6, 6.07) is 5.82. The van der Waals surface area contributed by atoms with Gasteiger partial charge in [-0.1, -0.05) is 51.2 Å². The summed E-state index contributed by atoms with van der Waals surface area (Å²) in [5.74, 6) is -0.611. The number of fused-ring (bicyclic) bond motifs is 7. The third-order valence-electron chi connectivity index (χ3n) is 8.92. The van der Waals surface area contributed by atoms with Gasteiger partial charge in [0.05, 0.1) is 40.6 Å². The molecule has 2 saturated heterocycles. The van der Waals surface area contributed by atoms with Gasteiger partial charge in [-0.05, 0) is 42.7 Å². The maximum Gasteiger partial charge on any atom is 0.291 e. The van der Waals surface area contributed by atoms with Crippen LogP contribution in [0.5, 0.6) is 0 Å². The molecule has 7 rings (SSSR count). The molecule has 0 saturated carbocycles. The number of carbonyl (C=O) groups excluding carboxylic acids is 2. The molecule has 15 heteroatoms. The van der Waals surface area contributed by atoms with Gasteiger partial charge >= 0.3 is 0 Å². The van der Waals surface area contributed by atoms with Crippen molar-refractivity contribution in [2.24, 2.45) is 9.98 Å². The minimum absolute atomic E-state index is 0.115. The van der Waals surface area contributed by atoms with Crippen molar-refractivity contribution in [3.05, 3.63) is 77.6 Å². The number of nitrogens with zero attached hydrogens (tertiary/aromatic N) is 8. The summed E-state index contributed by atoms with van der Waals surface area (Å²) in [7, 11) is 0. The quantitative estimate of drug-likeness (QED) is 0.195. The molecule has 2 aliphatic carbocycles. The largest absolute Gasteiger partial charge is 0.309 e. The van der Waals surface area contributed by atoms with E-state index in [-0.39, 0.29) is 38.7 Å². The van der Waals surface area contributed by atoms with Crippen LogP contribution in [0, 0.1) is 35.8 Å². The molecule has 0 N–H and O–H groups in total. The first-order valence-electron chi connectivity index (χ1n) is 15.0. The fraction of sp³-hybridized carbons (Fsp3) is 0.294. The zero-order valence-electron chi connectivity index (χ0n) is 27.0. The lowest BCUT2D eigenvalue weighted by Crippen LogP contribution is -2.27. The van der Waals surface area contributed by atoms with Gasteiger partial charge in [-0.25, -0.2) is 30.2 Å². The van der Waals surface area contributed by atoms with Crippen molar-refractivity contribution in [1.29, 1.82) is 10.5 Å². The van der Waals surface area contributed by atoms with Crippen LogP contribution in [0.2, 0.25) is 0 Å². The van der Waals surface area contributed by atoms with Crippen LogP contribution < -0.4 is 0 Å². The second kappa shape index (κ2) is 11.6. The summed E-state index contributed by atoms with van der Waals surface area (Å²) in [5.41, 5.74) is 3.38. The highest BCUT2D eigenvalue weighted by Crippen LogP contribution is 2.64. The van der Waals surface area contributed by atoms with Gasteiger partial charge in [0.15, 0.2) is 10.1 Å². The van der Waals surface area contributed by atoms with Crippen LogP contribution in [0.3, 0.4) is 0 Å². The molecule has 4 aliphatic rings. The van der Waals surface area contributed by atoms with Crippen molar-refractivity contribution in [3.63, 3.8) is 0 Å². The molecule has 3 aromatic heterocycles. The molecule has 0 spiro atoms. The van der Waals surface area contributed by atoms with E-state index in [4.69, 9.17) is 23.1 Å². The standard InChI is InChI=1S/C34H24N8O2S5/c1-9-41-29(43)27(48-31(41)15(13-35)37-7)39-19-11-17-21(33(19,3)4)22-25(45-17)26-23(34(22,5)6)24-18(46-26)12-20(47-24)40-28-30(44)42(10-2)32(49-28)16(14-36)38-8/h11-12H,9-10H2,1-6H3/b31-15+,32-16-,39-27?,40-28?. The molecule has 0 radical (unpaired) electrons. The Morgan fingerprint density at radius 1 is 0.816 bits per heavy atom. The van der Waals surface area contributed by atoms with Crippen molar-refractivity contribution in [3.8, 4) is 21.9 Å². The molecule has 0 unspecified atom stereocenters. The minimum atomic E-state index is -0.504. The number of nitriles is 2. The van der Waals surface area contributed by atoms with Crippen molar-refractivity contribution in [1.82, 2.24) is 9.80 Å². The monoisotopic (exact) mass is 736 g/mol. The highest BCUT2D eigenvalue weighted by atomic mass is 32.2. The summed E-state index contributed by atoms with van der Waals surface area (Å²) >= 11 is 7.16. The molecule has 3 aromatic rings. The lowest BCUT2D eigenvalue weighted by molar-refractivity contribution is -0.121. The van der Waals surface area contributed by atoms with Gasteiger partial charge in [0, 0.05) is 38.4 Å². The number of thiophene rings is 3. The molecule has 0 bridgehead atoms. The van der Waals surface area contributed by atoms with E-state index >= 15 is 0 Å². The van der Waals surface area contributed by atoms with Gasteiger partial charge in [0.2, 0.25) is 0 Å². The van der Waals surface area contributed by atoms with Crippen LogP contribution in [0.4, 0.5) is 5.00 Å². The van der Waals surface area contributed by atoms with Gasteiger partial charge in [-0.3, -0.25) is 9.59 Å². The van der Waals surface area contributed by atoms with Crippen molar-refractivity contribution in [2.75, 3.05) is 13.1 Å². The van der Waals surface area contributed by atoms with Crippen LogP contribution in [-0.2, 0) is 20.4 Å². The second-order valence-corrected chi connectivity index (χ2v) is 17.4. The third kappa shape index (κ3) is 4.61. The average molecular weight is 737 g/mol. The van der Waals surface area contributed by atoms with Crippen LogP contribution in [0.15, 0.2) is 43.2 Å². The van der Waals surface area contributed by atoms with Crippen molar-refractivity contribution in [2.45, 2.75) is 52.4 Å². The molecule has 10 nitrogen and oxygen atoms in total. The number of thioether (sulfide) groups is 2. The number of allylic oxidation sites excluding steroid dienone is 3. The smallest absolute Gasteiger partial charge is 0.291 e. The number of hydrogen-bond acceptors (Lipinski definition) is 11. The van der Waals surface area contributed by atoms with Crippen molar-refractivity contribution < 1.29 is 9.59 Å². The number of rotatable bonds is 4. The Labute approximate surface area is 303 Å². The molecule has 2 amide bonds. The maximum absolute atomic E-state index is 13.3. The zero-order valence-corrected chi connectivity index (χ0v) is 31.1. The van der Waals surface area contributed by atoms with Gasteiger partial charge < -0.3 is 9.80 Å².